The molecule has 1 saturated heterocycles. The van der Waals surface area contributed by atoms with Crippen LogP contribution >= 0.6 is 46.4 Å². The summed E-state index contributed by atoms with van der Waals surface area (Å²) in [5.74, 6) is -2.43. The van der Waals surface area contributed by atoms with E-state index in [1.54, 1.807) is 24.3 Å². The lowest BCUT2D eigenvalue weighted by atomic mass is 9.64. The van der Waals surface area contributed by atoms with Crippen LogP contribution < -0.4 is 5.73 Å². The van der Waals surface area contributed by atoms with Crippen molar-refractivity contribution in [2.45, 2.75) is 30.1 Å². The Bertz CT molecular complexity index is 1180. The SMILES string of the molecule is COC1=CC(=O)OC1C(c1ccc(Cl)cc1Cl)C1(c2ccc(Cl)cc2Cl)OOC(=O)[C@]1(C)N. The van der Waals surface area contributed by atoms with Crippen molar-refractivity contribution in [2.75, 3.05) is 7.11 Å². The van der Waals surface area contributed by atoms with Gasteiger partial charge in [-0.25, -0.2) is 9.59 Å². The third kappa shape index (κ3) is 3.77. The van der Waals surface area contributed by atoms with Crippen LogP contribution in [0.2, 0.25) is 20.1 Å². The van der Waals surface area contributed by atoms with Crippen LogP contribution in [0, 0.1) is 0 Å². The van der Waals surface area contributed by atoms with Crippen molar-refractivity contribution in [3.63, 3.8) is 0 Å². The molecule has 2 heterocycles. The van der Waals surface area contributed by atoms with E-state index in [0.717, 1.165) is 0 Å². The van der Waals surface area contributed by atoms with Gasteiger partial charge in [-0.3, -0.25) is 4.89 Å². The minimum absolute atomic E-state index is 0.139. The summed E-state index contributed by atoms with van der Waals surface area (Å²) in [7, 11) is 1.38. The maximum absolute atomic E-state index is 12.8. The number of rotatable bonds is 5. The van der Waals surface area contributed by atoms with Crippen molar-refractivity contribution in [1.82, 2.24) is 0 Å². The van der Waals surface area contributed by atoms with Crippen molar-refractivity contribution in [2.24, 2.45) is 5.73 Å². The number of carbonyl (C=O) groups is 2. The molecule has 1 fully saturated rings. The molecule has 11 heteroatoms. The van der Waals surface area contributed by atoms with E-state index in [9.17, 15) is 9.59 Å². The largest absolute Gasteiger partial charge is 0.497 e. The topological polar surface area (TPSA) is 97.1 Å². The molecule has 0 saturated carbocycles. The number of benzene rings is 2. The summed E-state index contributed by atoms with van der Waals surface area (Å²) in [6.45, 7) is 1.43. The quantitative estimate of drug-likeness (QED) is 0.430. The van der Waals surface area contributed by atoms with E-state index < -0.39 is 35.1 Å². The van der Waals surface area contributed by atoms with Gasteiger partial charge >= 0.3 is 11.9 Å². The lowest BCUT2D eigenvalue weighted by molar-refractivity contribution is -0.312. The van der Waals surface area contributed by atoms with E-state index in [1.807, 2.05) is 0 Å². The average Bonchev–Trinajstić information content (AvgIpc) is 3.22. The predicted molar refractivity (Wildman–Crippen MR) is 122 cm³/mol. The monoisotopic (exact) mass is 531 g/mol. The minimum atomic E-state index is -1.84. The van der Waals surface area contributed by atoms with Crippen LogP contribution in [0.4, 0.5) is 0 Å². The Morgan fingerprint density at radius 1 is 1.03 bits per heavy atom. The third-order valence-corrected chi connectivity index (χ3v) is 6.94. The van der Waals surface area contributed by atoms with Crippen LogP contribution in [0.1, 0.15) is 24.0 Å². The molecule has 174 valence electrons. The Hall–Kier alpha value is -2.00. The number of esters is 1. The zero-order chi connectivity index (χ0) is 24.1. The number of hydrogen-bond donors (Lipinski definition) is 1. The number of cyclic esters (lactones) is 1. The molecule has 2 aromatic rings. The molecule has 3 unspecified atom stereocenters. The first kappa shape index (κ1) is 24.1. The molecule has 0 radical (unpaired) electrons. The second-order valence-corrected chi connectivity index (χ2v) is 9.46. The minimum Gasteiger partial charge on any atom is -0.497 e. The van der Waals surface area contributed by atoms with Gasteiger partial charge in [-0.15, -0.1) is 0 Å². The Labute approximate surface area is 209 Å². The van der Waals surface area contributed by atoms with E-state index in [0.29, 0.717) is 15.6 Å². The average molecular weight is 533 g/mol. The predicted octanol–water partition coefficient (Wildman–Crippen LogP) is 4.94. The Morgan fingerprint density at radius 3 is 2.21 bits per heavy atom. The number of methoxy groups -OCH3 is 1. The summed E-state index contributed by atoms with van der Waals surface area (Å²) < 4.78 is 11.0. The molecule has 0 spiro atoms. The molecule has 4 atom stereocenters. The van der Waals surface area contributed by atoms with Crippen molar-refractivity contribution >= 4 is 58.3 Å². The molecular formula is C22H17Cl4NO6. The van der Waals surface area contributed by atoms with Gasteiger partial charge in [-0.05, 0) is 36.8 Å². The van der Waals surface area contributed by atoms with Crippen LogP contribution in [0.15, 0.2) is 48.2 Å². The normalized spacial score (nSPS) is 27.7. The first-order valence-corrected chi connectivity index (χ1v) is 11.1. The summed E-state index contributed by atoms with van der Waals surface area (Å²) in [6.07, 6.45) is 0.0785. The molecule has 7 nitrogen and oxygen atoms in total. The van der Waals surface area contributed by atoms with E-state index in [1.165, 1.54) is 32.2 Å². The maximum atomic E-state index is 12.8. The summed E-state index contributed by atoms with van der Waals surface area (Å²) in [5, 5.41) is 1.05. The van der Waals surface area contributed by atoms with Crippen LogP contribution in [-0.2, 0) is 34.4 Å². The number of nitrogens with two attached hydrogens (primary N) is 1. The molecule has 2 N–H and O–H groups in total. The van der Waals surface area contributed by atoms with Gasteiger partial charge in [0.05, 0.1) is 19.1 Å². The fourth-order valence-corrected chi connectivity index (χ4v) is 5.33. The zero-order valence-corrected chi connectivity index (χ0v) is 20.3. The Morgan fingerprint density at radius 2 is 1.67 bits per heavy atom. The number of hydrogen-bond acceptors (Lipinski definition) is 7. The van der Waals surface area contributed by atoms with Gasteiger partial charge in [0.25, 0.3) is 0 Å². The summed E-state index contributed by atoms with van der Waals surface area (Å²) >= 11 is 25.4. The highest BCUT2D eigenvalue weighted by atomic mass is 35.5. The Balaban J connectivity index is 2.08. The van der Waals surface area contributed by atoms with Crippen molar-refractivity contribution in [1.29, 1.82) is 0 Å². The molecule has 0 amide bonds. The first-order valence-electron chi connectivity index (χ1n) is 9.58. The zero-order valence-electron chi connectivity index (χ0n) is 17.2. The number of halogens is 4. The summed E-state index contributed by atoms with van der Waals surface area (Å²) in [4.78, 5) is 35.8. The van der Waals surface area contributed by atoms with Gasteiger partial charge in [-0.1, -0.05) is 58.5 Å². The fourth-order valence-electron chi connectivity index (χ4n) is 4.26. The lowest BCUT2D eigenvalue weighted by Gasteiger charge is -2.44. The number of carbonyl (C=O) groups excluding carboxylic acids is 2. The molecule has 0 aliphatic carbocycles. The van der Waals surface area contributed by atoms with Gasteiger partial charge in [0, 0.05) is 25.7 Å². The smallest absolute Gasteiger partial charge is 0.365 e. The highest BCUT2D eigenvalue weighted by molar-refractivity contribution is 6.35. The lowest BCUT2D eigenvalue weighted by Crippen LogP contribution is -2.62. The fraction of sp³-hybridized carbons (Fsp3) is 0.273. The highest BCUT2D eigenvalue weighted by Gasteiger charge is 2.69. The molecule has 0 bridgehead atoms. The van der Waals surface area contributed by atoms with Gasteiger partial charge < -0.3 is 15.2 Å². The number of ether oxygens (including phenoxy) is 2. The van der Waals surface area contributed by atoms with E-state index in [4.69, 9.17) is 71.4 Å². The second kappa shape index (κ2) is 8.65. The van der Waals surface area contributed by atoms with E-state index >= 15 is 0 Å². The van der Waals surface area contributed by atoms with Gasteiger partial charge in [0.15, 0.2) is 17.2 Å². The van der Waals surface area contributed by atoms with E-state index in [-0.39, 0.29) is 21.4 Å². The third-order valence-electron chi connectivity index (χ3n) is 5.83. The molecule has 0 aromatic heterocycles. The van der Waals surface area contributed by atoms with Gasteiger partial charge in [0.2, 0.25) is 0 Å². The van der Waals surface area contributed by atoms with Crippen molar-refractivity contribution < 1.29 is 28.8 Å². The van der Waals surface area contributed by atoms with Crippen LogP contribution in [0.25, 0.3) is 0 Å². The summed E-state index contributed by atoms with van der Waals surface area (Å²) in [5.41, 5.74) is 3.58. The molecule has 2 aliphatic heterocycles. The first-order chi connectivity index (χ1) is 15.5. The molecule has 2 aromatic carbocycles. The van der Waals surface area contributed by atoms with Crippen LogP contribution in [-0.4, -0.2) is 30.7 Å². The van der Waals surface area contributed by atoms with Crippen molar-refractivity contribution in [3.05, 3.63) is 79.5 Å². The highest BCUT2D eigenvalue weighted by Crippen LogP contribution is 2.57. The maximum Gasteiger partial charge on any atom is 0.365 e. The molecule has 4 rings (SSSR count). The summed E-state index contributed by atoms with van der Waals surface area (Å²) in [6, 6.07) is 9.29. The van der Waals surface area contributed by atoms with Gasteiger partial charge in [-0.2, -0.15) is 4.89 Å². The van der Waals surface area contributed by atoms with Crippen molar-refractivity contribution in [3.8, 4) is 0 Å². The van der Waals surface area contributed by atoms with E-state index in [2.05, 4.69) is 0 Å². The van der Waals surface area contributed by atoms with Gasteiger partial charge in [0.1, 0.15) is 5.76 Å². The standard InChI is InChI=1S/C22H17Cl4NO6/c1-21(27)20(29)32-33-22(21,13-6-4-11(24)8-15(13)26)18(12-5-3-10(23)7-14(12)25)19-16(30-2)9-17(28)31-19/h3-9,18-19H,27H2,1-2H3/t18?,19?,21-,22?/m0/s1. The van der Waals surface area contributed by atoms with Crippen LogP contribution in [0.5, 0.6) is 0 Å². The molecule has 33 heavy (non-hydrogen) atoms. The second-order valence-electron chi connectivity index (χ2n) is 7.77. The Kier molecular flexibility index (Phi) is 6.33. The molecular weight excluding hydrogens is 516 g/mol. The van der Waals surface area contributed by atoms with Crippen LogP contribution in [0.3, 0.4) is 0 Å². The molecule has 2 aliphatic rings.